The molecule has 0 aliphatic carbocycles. The monoisotopic (exact) mass is 226 g/mol. The smallest absolute Gasteiger partial charge is 0.0670 e. The van der Waals surface area contributed by atoms with Gasteiger partial charge in [0.15, 0.2) is 0 Å². The van der Waals surface area contributed by atoms with Crippen molar-refractivity contribution in [3.05, 3.63) is 24.0 Å². The number of likely N-dealkylation sites (N-methyl/N-ethyl adjacent to an activating group) is 1. The molecule has 1 aliphatic heterocycles. The first-order chi connectivity index (χ1) is 7.33. The number of nitrogens with zero attached hydrogens (tertiary/aromatic N) is 2. The summed E-state index contributed by atoms with van der Waals surface area (Å²) in [4.78, 5) is 6.33. The Bertz CT molecular complexity index is 326. The van der Waals surface area contributed by atoms with Crippen LogP contribution in [0.4, 0.5) is 5.69 Å². The third-order valence-corrected chi connectivity index (χ3v) is 3.14. The van der Waals surface area contributed by atoms with Gasteiger partial charge in [-0.2, -0.15) is 0 Å². The minimum atomic E-state index is 0.467. The molecule has 1 saturated heterocycles. The molecule has 0 amide bonds. The van der Waals surface area contributed by atoms with Crippen LogP contribution in [0.15, 0.2) is 18.5 Å². The Hall–Kier alpha value is -0.800. The molecule has 0 aromatic carbocycles. The summed E-state index contributed by atoms with van der Waals surface area (Å²) in [5, 5.41) is 0. The van der Waals surface area contributed by atoms with Gasteiger partial charge >= 0.3 is 0 Å². The van der Waals surface area contributed by atoms with E-state index in [4.69, 9.17) is 16.3 Å². The predicted molar refractivity (Wildman–Crippen MR) is 61.4 cm³/mol. The first-order valence-electron chi connectivity index (χ1n) is 5.12. The molecule has 1 aromatic rings. The van der Waals surface area contributed by atoms with Crippen LogP contribution in [0, 0.1) is 0 Å². The molecule has 0 saturated carbocycles. The summed E-state index contributed by atoms with van der Waals surface area (Å²) in [5.41, 5.74) is 2.24. The number of aromatic nitrogens is 1. The number of hydrogen-bond donors (Lipinski definition) is 0. The molecule has 0 radical (unpaired) electrons. The average molecular weight is 227 g/mol. The normalized spacial score (nSPS) is 20.5. The first kappa shape index (κ1) is 10.7. The molecule has 82 valence electrons. The van der Waals surface area contributed by atoms with Crippen molar-refractivity contribution in [1.29, 1.82) is 0 Å². The lowest BCUT2D eigenvalue weighted by molar-refractivity contribution is 0.193. The zero-order valence-electron chi connectivity index (χ0n) is 8.82. The number of rotatable bonds is 3. The first-order valence-corrected chi connectivity index (χ1v) is 5.66. The van der Waals surface area contributed by atoms with Gasteiger partial charge in [0.05, 0.1) is 18.5 Å². The number of ether oxygens (including phenoxy) is 1. The summed E-state index contributed by atoms with van der Waals surface area (Å²) in [6.45, 7) is 1.66. The van der Waals surface area contributed by atoms with Gasteiger partial charge in [-0.3, -0.25) is 4.98 Å². The standard InChI is InChI=1S/C11H15ClN2O/c1-14(10-3-5-15-8-10)11-2-4-13-7-9(11)6-12/h2,4,7,10H,3,5-6,8H2,1H3. The average Bonchev–Trinajstić information content (AvgIpc) is 2.81. The quantitative estimate of drug-likeness (QED) is 0.738. The zero-order valence-corrected chi connectivity index (χ0v) is 9.57. The van der Waals surface area contributed by atoms with Crippen LogP contribution >= 0.6 is 11.6 Å². The summed E-state index contributed by atoms with van der Waals surface area (Å²) >= 11 is 5.88. The number of pyridine rings is 1. The van der Waals surface area contributed by atoms with E-state index < -0.39 is 0 Å². The lowest BCUT2D eigenvalue weighted by Gasteiger charge is -2.27. The molecule has 2 heterocycles. The summed E-state index contributed by atoms with van der Waals surface area (Å²) < 4.78 is 5.38. The van der Waals surface area contributed by atoms with Gasteiger partial charge in [-0.15, -0.1) is 11.6 Å². The fourth-order valence-corrected chi connectivity index (χ4v) is 2.10. The van der Waals surface area contributed by atoms with Gasteiger partial charge in [0, 0.05) is 37.3 Å². The molecule has 2 rings (SSSR count). The Balaban J connectivity index is 2.19. The van der Waals surface area contributed by atoms with Crippen molar-refractivity contribution in [2.75, 3.05) is 25.2 Å². The van der Waals surface area contributed by atoms with Crippen molar-refractivity contribution in [3.63, 3.8) is 0 Å². The van der Waals surface area contributed by atoms with Gasteiger partial charge in [-0.25, -0.2) is 0 Å². The maximum atomic E-state index is 5.88. The molecule has 1 unspecified atom stereocenters. The van der Waals surface area contributed by atoms with Crippen molar-refractivity contribution in [1.82, 2.24) is 4.98 Å². The molecular weight excluding hydrogens is 212 g/mol. The number of halogens is 1. The van der Waals surface area contributed by atoms with Gasteiger partial charge in [0.25, 0.3) is 0 Å². The van der Waals surface area contributed by atoms with E-state index in [1.54, 1.807) is 6.20 Å². The third-order valence-electron chi connectivity index (χ3n) is 2.86. The second kappa shape index (κ2) is 4.81. The highest BCUT2D eigenvalue weighted by Gasteiger charge is 2.21. The maximum absolute atomic E-state index is 5.88. The summed E-state index contributed by atoms with van der Waals surface area (Å²) in [6.07, 6.45) is 4.72. The van der Waals surface area contributed by atoms with Crippen LogP contribution in [0.3, 0.4) is 0 Å². The van der Waals surface area contributed by atoms with E-state index >= 15 is 0 Å². The second-order valence-corrected chi connectivity index (χ2v) is 4.03. The Morgan fingerprint density at radius 2 is 2.53 bits per heavy atom. The highest BCUT2D eigenvalue weighted by atomic mass is 35.5. The van der Waals surface area contributed by atoms with Crippen molar-refractivity contribution in [2.45, 2.75) is 18.3 Å². The van der Waals surface area contributed by atoms with Crippen LogP contribution in [0.5, 0.6) is 0 Å². The Morgan fingerprint density at radius 1 is 1.67 bits per heavy atom. The highest BCUT2D eigenvalue weighted by molar-refractivity contribution is 6.17. The van der Waals surface area contributed by atoms with Crippen molar-refractivity contribution in [3.8, 4) is 0 Å². The van der Waals surface area contributed by atoms with Gasteiger partial charge in [0.2, 0.25) is 0 Å². The zero-order chi connectivity index (χ0) is 10.7. The van der Waals surface area contributed by atoms with E-state index in [9.17, 15) is 0 Å². The number of hydrogen-bond acceptors (Lipinski definition) is 3. The number of alkyl halides is 1. The van der Waals surface area contributed by atoms with Crippen LogP contribution < -0.4 is 4.90 Å². The minimum Gasteiger partial charge on any atom is -0.379 e. The minimum absolute atomic E-state index is 0.467. The molecule has 1 aromatic heterocycles. The molecule has 0 N–H and O–H groups in total. The largest absolute Gasteiger partial charge is 0.379 e. The molecule has 0 bridgehead atoms. The SMILES string of the molecule is CN(c1ccncc1CCl)C1CCOC1. The highest BCUT2D eigenvalue weighted by Crippen LogP contribution is 2.24. The molecule has 1 atom stereocenters. The van der Waals surface area contributed by atoms with Crippen LogP contribution in [0.25, 0.3) is 0 Å². The van der Waals surface area contributed by atoms with Crippen molar-refractivity contribution in [2.24, 2.45) is 0 Å². The van der Waals surface area contributed by atoms with Crippen LogP contribution in [-0.4, -0.2) is 31.3 Å². The lowest BCUT2D eigenvalue weighted by Crippen LogP contribution is -2.32. The van der Waals surface area contributed by atoms with E-state index in [1.165, 1.54) is 0 Å². The number of anilines is 1. The molecule has 0 spiro atoms. The summed E-state index contributed by atoms with van der Waals surface area (Å²) in [6, 6.07) is 2.48. The molecule has 3 nitrogen and oxygen atoms in total. The van der Waals surface area contributed by atoms with E-state index in [-0.39, 0.29) is 0 Å². The molecular formula is C11H15ClN2O. The second-order valence-electron chi connectivity index (χ2n) is 3.77. The summed E-state index contributed by atoms with van der Waals surface area (Å²) in [5.74, 6) is 0.501. The maximum Gasteiger partial charge on any atom is 0.0670 e. The fourth-order valence-electron chi connectivity index (χ4n) is 1.89. The van der Waals surface area contributed by atoms with Crippen LogP contribution in [-0.2, 0) is 10.6 Å². The van der Waals surface area contributed by atoms with E-state index in [1.807, 2.05) is 12.3 Å². The van der Waals surface area contributed by atoms with Crippen LogP contribution in [0.1, 0.15) is 12.0 Å². The van der Waals surface area contributed by atoms with E-state index in [2.05, 4.69) is 16.9 Å². The Morgan fingerprint density at radius 3 is 3.20 bits per heavy atom. The van der Waals surface area contributed by atoms with Gasteiger partial charge in [0.1, 0.15) is 0 Å². The van der Waals surface area contributed by atoms with Crippen LogP contribution in [0.2, 0.25) is 0 Å². The van der Waals surface area contributed by atoms with Gasteiger partial charge < -0.3 is 9.64 Å². The van der Waals surface area contributed by atoms with E-state index in [0.29, 0.717) is 11.9 Å². The molecule has 1 fully saturated rings. The molecule has 15 heavy (non-hydrogen) atoms. The Kier molecular flexibility index (Phi) is 3.44. The Labute approximate surface area is 95.0 Å². The fraction of sp³-hybridized carbons (Fsp3) is 0.545. The van der Waals surface area contributed by atoms with Crippen molar-refractivity contribution >= 4 is 17.3 Å². The van der Waals surface area contributed by atoms with Gasteiger partial charge in [-0.05, 0) is 12.5 Å². The predicted octanol–water partition coefficient (Wildman–Crippen LogP) is 2.05. The van der Waals surface area contributed by atoms with Gasteiger partial charge in [-0.1, -0.05) is 0 Å². The van der Waals surface area contributed by atoms with Crippen molar-refractivity contribution < 1.29 is 4.74 Å². The molecule has 4 heteroatoms. The molecule has 1 aliphatic rings. The van der Waals surface area contributed by atoms with E-state index in [0.717, 1.165) is 30.9 Å². The lowest BCUT2D eigenvalue weighted by atomic mass is 10.1. The summed E-state index contributed by atoms with van der Waals surface area (Å²) in [7, 11) is 2.09. The third kappa shape index (κ3) is 2.24. The topological polar surface area (TPSA) is 25.4 Å².